The number of hydrogen-bond donors (Lipinski definition) is 0. The van der Waals surface area contributed by atoms with E-state index < -0.39 is 96.2 Å². The zero-order chi connectivity index (χ0) is 56.7. The van der Waals surface area contributed by atoms with E-state index in [1.54, 1.807) is 12.1 Å². The Kier molecular flexibility index (Phi) is 19.1. The molecule has 5 aromatic rings. The fraction of sp³-hybridized carbons (Fsp3) is 0.404. The molecule has 0 saturated carbocycles. The topological polar surface area (TPSA) is 66.5 Å². The fourth-order valence-corrected chi connectivity index (χ4v) is 8.78. The molecule has 0 bridgehead atoms. The Morgan fingerprint density at radius 3 is 1.29 bits per heavy atom. The molecule has 0 spiro atoms. The van der Waals surface area contributed by atoms with Crippen LogP contribution in [-0.2, 0) is 54.9 Å². The average molecular weight is 1140 g/mol. The molecule has 1 amide bonds. The lowest BCUT2D eigenvalue weighted by atomic mass is 9.88. The lowest BCUT2D eigenvalue weighted by Crippen LogP contribution is -2.74. The molecule has 7 nitrogen and oxygen atoms in total. The second-order valence-electron chi connectivity index (χ2n) is 17.5. The maximum atomic E-state index is 14.8. The van der Waals surface area contributed by atoms with Crippen molar-refractivity contribution in [2.75, 3.05) is 18.6 Å². The quantitative estimate of drug-likeness (QED) is 0.0540. The first-order chi connectivity index (χ1) is 36.0. The molecule has 1 aliphatic rings. The van der Waals surface area contributed by atoms with E-state index in [9.17, 15) is 79.4 Å². The van der Waals surface area contributed by atoms with Gasteiger partial charge in [-0.3, -0.25) is 4.79 Å². The van der Waals surface area contributed by atoms with Crippen molar-refractivity contribution >= 4 is 23.4 Å². The highest BCUT2D eigenvalue weighted by Crippen LogP contribution is 2.64. The van der Waals surface area contributed by atoms with Crippen LogP contribution in [0.1, 0.15) is 35.1 Å². The molecule has 1 heterocycles. The molecule has 5 atom stereocenters. The van der Waals surface area contributed by atoms with E-state index in [-0.39, 0.29) is 38.7 Å². The molecule has 77 heavy (non-hydrogen) atoms. The summed E-state index contributed by atoms with van der Waals surface area (Å²) in [7, 11) is 0.856. The Morgan fingerprint density at radius 2 is 0.857 bits per heavy atom. The molecule has 1 fully saturated rings. The molecule has 6 rings (SSSR count). The third-order valence-electron chi connectivity index (χ3n) is 12.1. The van der Waals surface area contributed by atoms with Crippen molar-refractivity contribution in [2.24, 2.45) is 0 Å². The van der Waals surface area contributed by atoms with E-state index in [0.717, 1.165) is 41.1 Å². The summed E-state index contributed by atoms with van der Waals surface area (Å²) in [6.45, 7) is 0.418. The minimum atomic E-state index is -8.75. The summed E-state index contributed by atoms with van der Waals surface area (Å²) in [6, 6.07) is 41.9. The zero-order valence-corrected chi connectivity index (χ0v) is 40.7. The minimum Gasteiger partial charge on any atom is -0.374 e. The summed E-state index contributed by atoms with van der Waals surface area (Å²) in [5, 5.41) is 0. The van der Waals surface area contributed by atoms with E-state index in [1.165, 1.54) is 24.3 Å². The first-order valence-electron chi connectivity index (χ1n) is 22.9. The average Bonchev–Trinajstić information content (AvgIpc) is 3.51. The number of amides is 1. The number of halogens is 17. The van der Waals surface area contributed by atoms with Crippen molar-refractivity contribution in [1.82, 2.24) is 0 Å². The maximum absolute atomic E-state index is 14.8. The van der Waals surface area contributed by atoms with Gasteiger partial charge in [-0.1, -0.05) is 133 Å². The van der Waals surface area contributed by atoms with E-state index >= 15 is 0 Å². The summed E-state index contributed by atoms with van der Waals surface area (Å²) in [4.78, 5) is 13.9. The van der Waals surface area contributed by atoms with Crippen molar-refractivity contribution in [2.45, 2.75) is 122 Å². The number of alkyl halides is 17. The molecule has 1 aliphatic heterocycles. The van der Waals surface area contributed by atoms with Crippen molar-refractivity contribution in [3.8, 4) is 0 Å². The monoisotopic (exact) mass is 1140 g/mol. The van der Waals surface area contributed by atoms with Crippen LogP contribution < -0.4 is 4.90 Å². The number of carbonyl (C=O) groups is 1. The highest BCUT2D eigenvalue weighted by atomic mass is 32.2. The van der Waals surface area contributed by atoms with Crippen molar-refractivity contribution < 1.29 is 103 Å². The van der Waals surface area contributed by atoms with Gasteiger partial charge in [-0.05, 0) is 46.5 Å². The first-order valence-corrected chi connectivity index (χ1v) is 23.8. The van der Waals surface area contributed by atoms with Gasteiger partial charge in [0.25, 0.3) is 0 Å². The SMILES string of the molecule is CN(C(=O)CCC(F)(F)C(F)(F)C(F)(F)C(F)(F)C(F)(F)C(F)(F)C(F)(F)C(F)(F)F)c1ccc(S[C@@H]2O[C@H](COCc3ccccc3)[C@@H](OCc3ccccc3)[C@H](OCc3ccccc3)[C@H]2OCc2ccccc2)cc1. The normalized spacial score (nSPS) is 19.3. The second-order valence-corrected chi connectivity index (χ2v) is 18.7. The van der Waals surface area contributed by atoms with Crippen LogP contribution in [-0.4, -0.2) is 97.0 Å². The Balaban J connectivity index is 1.23. The molecule has 0 aliphatic carbocycles. The molecular formula is C52H46F17NO6S. The Hall–Kier alpha value is -5.47. The number of anilines is 1. The van der Waals surface area contributed by atoms with Gasteiger partial charge in [0.1, 0.15) is 29.9 Å². The van der Waals surface area contributed by atoms with Crippen LogP contribution in [0, 0.1) is 0 Å². The van der Waals surface area contributed by atoms with E-state index in [1.807, 2.05) is 109 Å². The predicted molar refractivity (Wildman–Crippen MR) is 245 cm³/mol. The van der Waals surface area contributed by atoms with Gasteiger partial charge in [-0.25, -0.2) is 0 Å². The lowest BCUT2D eigenvalue weighted by Gasteiger charge is -2.46. The summed E-state index contributed by atoms with van der Waals surface area (Å²) in [6.07, 6.45) is -16.2. The zero-order valence-electron chi connectivity index (χ0n) is 39.9. The number of benzene rings is 5. The van der Waals surface area contributed by atoms with E-state index in [2.05, 4.69) is 0 Å². The summed E-state index contributed by atoms with van der Waals surface area (Å²) < 4.78 is 268. The van der Waals surface area contributed by atoms with Gasteiger partial charge < -0.3 is 28.6 Å². The number of rotatable bonds is 25. The number of hydrogen-bond acceptors (Lipinski definition) is 7. The molecular weight excluding hydrogens is 1090 g/mol. The molecule has 0 aromatic heterocycles. The molecule has 1 saturated heterocycles. The van der Waals surface area contributed by atoms with Gasteiger partial charge in [0.05, 0.1) is 33.0 Å². The highest BCUT2D eigenvalue weighted by molar-refractivity contribution is 7.99. The van der Waals surface area contributed by atoms with Gasteiger partial charge in [-0.15, -0.1) is 0 Å². The Labute approximate surface area is 433 Å². The van der Waals surface area contributed by atoms with Gasteiger partial charge in [0, 0.05) is 30.5 Å². The van der Waals surface area contributed by atoms with Gasteiger partial charge >= 0.3 is 47.6 Å². The number of thioether (sulfide) groups is 1. The molecule has 25 heteroatoms. The van der Waals surface area contributed by atoms with E-state index in [0.29, 0.717) is 9.80 Å². The van der Waals surface area contributed by atoms with Crippen LogP contribution in [0.25, 0.3) is 0 Å². The largest absolute Gasteiger partial charge is 0.460 e. The second kappa shape index (κ2) is 24.3. The number of ether oxygens (including phenoxy) is 5. The third kappa shape index (κ3) is 13.2. The standard InChI is InChI=1S/C52H46F17NO6S/c1-70(40(71)26-27-45(53,54)46(55,56)47(57,58)48(59,60)49(61,62)50(63,64)51(65,66)52(67,68)69)37-22-24-38(25-23-37)77-44-43(75-31-36-20-12-5-13-21-36)42(74-30-35-18-10-4-11-19-35)41(73-29-34-16-8-3-9-17-34)39(76-44)32-72-28-33-14-6-2-7-15-33/h2-25,39,41-44H,26-32H2,1H3/t39-,41-,42+,43-,44+/m1/s1. The Bertz CT molecular complexity index is 2640. The molecule has 0 N–H and O–H groups in total. The first kappa shape index (κ1) is 60.8. The van der Waals surface area contributed by atoms with Crippen molar-refractivity contribution in [3.05, 3.63) is 168 Å². The van der Waals surface area contributed by atoms with E-state index in [4.69, 9.17) is 23.7 Å². The van der Waals surface area contributed by atoms with Crippen LogP contribution in [0.3, 0.4) is 0 Å². The molecule has 0 unspecified atom stereocenters. The Morgan fingerprint density at radius 1 is 0.481 bits per heavy atom. The summed E-state index contributed by atoms with van der Waals surface area (Å²) in [5.41, 5.74) is 2.11. The molecule has 420 valence electrons. The minimum absolute atomic E-state index is 0.0256. The van der Waals surface area contributed by atoms with Gasteiger partial charge in [0.15, 0.2) is 0 Å². The lowest BCUT2D eigenvalue weighted by molar-refractivity contribution is -0.461. The number of nitrogens with zero attached hydrogens (tertiary/aromatic N) is 1. The fourth-order valence-electron chi connectivity index (χ4n) is 7.65. The predicted octanol–water partition coefficient (Wildman–Crippen LogP) is 14.2. The van der Waals surface area contributed by atoms with Crippen LogP contribution in [0.15, 0.2) is 150 Å². The number of carbonyl (C=O) groups excluding carboxylic acids is 1. The highest BCUT2D eigenvalue weighted by Gasteiger charge is 2.95. The molecule has 5 aromatic carbocycles. The van der Waals surface area contributed by atoms with Crippen molar-refractivity contribution in [3.63, 3.8) is 0 Å². The maximum Gasteiger partial charge on any atom is 0.460 e. The summed E-state index contributed by atoms with van der Waals surface area (Å²) >= 11 is 1.08. The van der Waals surface area contributed by atoms with Crippen LogP contribution >= 0.6 is 11.8 Å². The third-order valence-corrected chi connectivity index (χ3v) is 13.3. The van der Waals surface area contributed by atoms with Crippen molar-refractivity contribution in [1.29, 1.82) is 0 Å². The van der Waals surface area contributed by atoms with Crippen LogP contribution in [0.2, 0.25) is 0 Å². The van der Waals surface area contributed by atoms with Gasteiger partial charge in [0.2, 0.25) is 5.91 Å². The smallest absolute Gasteiger partial charge is 0.374 e. The van der Waals surface area contributed by atoms with Gasteiger partial charge in [-0.2, -0.15) is 74.6 Å². The molecule has 0 radical (unpaired) electrons. The summed E-state index contributed by atoms with van der Waals surface area (Å²) in [5.74, 6) is -59.1. The van der Waals surface area contributed by atoms with Crippen LogP contribution in [0.5, 0.6) is 0 Å². The van der Waals surface area contributed by atoms with Crippen LogP contribution in [0.4, 0.5) is 80.3 Å².